The number of oxazole rings is 1. The second-order valence-electron chi connectivity index (χ2n) is 4.33. The lowest BCUT2D eigenvalue weighted by Gasteiger charge is -2.02. The molecule has 0 amide bonds. The second-order valence-corrected chi connectivity index (χ2v) is 5.38. The Bertz CT molecular complexity index is 636. The molecular formula is C15H15N3OS. The quantitative estimate of drug-likeness (QED) is 0.557. The van der Waals surface area contributed by atoms with Crippen LogP contribution >= 0.6 is 11.8 Å². The fourth-order valence-corrected chi connectivity index (χ4v) is 2.59. The molecule has 0 unspecified atom stereocenters. The van der Waals surface area contributed by atoms with E-state index in [9.17, 15) is 0 Å². The normalized spacial score (nSPS) is 11.0. The SMILES string of the molecule is c1cncc(CNCCSc2nc3ccccc3o2)c1. The number of nitrogens with zero attached hydrogens (tertiary/aromatic N) is 2. The molecule has 3 aromatic rings. The molecule has 1 aromatic carbocycles. The summed E-state index contributed by atoms with van der Waals surface area (Å²) < 4.78 is 5.65. The van der Waals surface area contributed by atoms with E-state index >= 15 is 0 Å². The van der Waals surface area contributed by atoms with Gasteiger partial charge < -0.3 is 9.73 Å². The fraction of sp³-hybridized carbons (Fsp3) is 0.200. The summed E-state index contributed by atoms with van der Waals surface area (Å²) in [6, 6.07) is 11.8. The van der Waals surface area contributed by atoms with Crippen molar-refractivity contribution in [3.8, 4) is 0 Å². The molecule has 3 rings (SSSR count). The standard InChI is InChI=1S/C15H15N3OS/c1-2-6-14-13(5-1)18-15(19-14)20-9-8-17-11-12-4-3-7-16-10-12/h1-7,10,17H,8-9,11H2. The monoisotopic (exact) mass is 285 g/mol. The Kier molecular flexibility index (Phi) is 4.30. The van der Waals surface area contributed by atoms with Crippen molar-refractivity contribution in [2.24, 2.45) is 0 Å². The fourth-order valence-electron chi connectivity index (χ4n) is 1.86. The summed E-state index contributed by atoms with van der Waals surface area (Å²) in [7, 11) is 0. The van der Waals surface area contributed by atoms with Crippen LogP contribution in [-0.4, -0.2) is 22.3 Å². The number of para-hydroxylation sites is 2. The van der Waals surface area contributed by atoms with Gasteiger partial charge in [0, 0.05) is 31.2 Å². The predicted octanol–water partition coefficient (Wildman–Crippen LogP) is 3.10. The molecule has 20 heavy (non-hydrogen) atoms. The molecule has 5 heteroatoms. The molecule has 1 N–H and O–H groups in total. The van der Waals surface area contributed by atoms with Gasteiger partial charge in [0.1, 0.15) is 5.52 Å². The van der Waals surface area contributed by atoms with E-state index < -0.39 is 0 Å². The molecule has 0 atom stereocenters. The van der Waals surface area contributed by atoms with E-state index in [0.717, 1.165) is 35.2 Å². The Morgan fingerprint density at radius 3 is 2.95 bits per heavy atom. The summed E-state index contributed by atoms with van der Waals surface area (Å²) >= 11 is 1.63. The third-order valence-corrected chi connectivity index (χ3v) is 3.66. The van der Waals surface area contributed by atoms with Crippen LogP contribution in [0.5, 0.6) is 0 Å². The number of benzene rings is 1. The molecule has 0 saturated carbocycles. The van der Waals surface area contributed by atoms with Crippen LogP contribution in [0.25, 0.3) is 11.1 Å². The highest BCUT2D eigenvalue weighted by atomic mass is 32.2. The molecule has 0 spiro atoms. The van der Waals surface area contributed by atoms with Crippen LogP contribution in [0.2, 0.25) is 0 Å². The van der Waals surface area contributed by atoms with E-state index in [-0.39, 0.29) is 0 Å². The van der Waals surface area contributed by atoms with Gasteiger partial charge in [0.15, 0.2) is 5.58 Å². The van der Waals surface area contributed by atoms with Crippen molar-refractivity contribution in [1.82, 2.24) is 15.3 Å². The van der Waals surface area contributed by atoms with Crippen LogP contribution in [-0.2, 0) is 6.54 Å². The number of fused-ring (bicyclic) bond motifs is 1. The average Bonchev–Trinajstić information content (AvgIpc) is 2.90. The number of pyridine rings is 1. The van der Waals surface area contributed by atoms with Crippen LogP contribution < -0.4 is 5.32 Å². The van der Waals surface area contributed by atoms with E-state index in [4.69, 9.17) is 4.42 Å². The summed E-state index contributed by atoms with van der Waals surface area (Å²) in [6.45, 7) is 1.74. The molecule has 0 aliphatic heterocycles. The van der Waals surface area contributed by atoms with Gasteiger partial charge in [-0.05, 0) is 23.8 Å². The third-order valence-electron chi connectivity index (χ3n) is 2.83. The Labute approximate surface area is 121 Å². The minimum absolute atomic E-state index is 0.731. The number of hydrogen-bond acceptors (Lipinski definition) is 5. The van der Waals surface area contributed by atoms with Gasteiger partial charge in [-0.15, -0.1) is 0 Å². The van der Waals surface area contributed by atoms with E-state index in [1.54, 1.807) is 18.0 Å². The van der Waals surface area contributed by atoms with Crippen molar-refractivity contribution in [2.75, 3.05) is 12.3 Å². The first kappa shape index (κ1) is 13.1. The lowest BCUT2D eigenvalue weighted by Crippen LogP contribution is -2.16. The van der Waals surface area contributed by atoms with Gasteiger partial charge in [0.2, 0.25) is 0 Å². The average molecular weight is 285 g/mol. The highest BCUT2D eigenvalue weighted by Gasteiger charge is 2.04. The number of rotatable bonds is 6. The summed E-state index contributed by atoms with van der Waals surface area (Å²) in [5, 5.41) is 4.11. The Morgan fingerprint density at radius 1 is 1.15 bits per heavy atom. The van der Waals surface area contributed by atoms with Gasteiger partial charge in [-0.2, -0.15) is 0 Å². The molecule has 2 aromatic heterocycles. The first-order chi connectivity index (χ1) is 9.92. The predicted molar refractivity (Wildman–Crippen MR) is 80.7 cm³/mol. The maximum atomic E-state index is 5.65. The Morgan fingerprint density at radius 2 is 2.10 bits per heavy atom. The summed E-state index contributed by atoms with van der Waals surface area (Å²) in [5.74, 6) is 0.924. The minimum atomic E-state index is 0.731. The van der Waals surface area contributed by atoms with E-state index in [1.165, 1.54) is 5.56 Å². The number of hydrogen-bond donors (Lipinski definition) is 1. The molecule has 0 bridgehead atoms. The van der Waals surface area contributed by atoms with Crippen molar-refractivity contribution in [2.45, 2.75) is 11.8 Å². The Hall–Kier alpha value is -1.85. The van der Waals surface area contributed by atoms with Gasteiger partial charge in [0.25, 0.3) is 5.22 Å². The van der Waals surface area contributed by atoms with Gasteiger partial charge >= 0.3 is 0 Å². The zero-order chi connectivity index (χ0) is 13.6. The molecule has 0 aliphatic carbocycles. The first-order valence-electron chi connectivity index (χ1n) is 6.50. The van der Waals surface area contributed by atoms with E-state index in [2.05, 4.69) is 21.4 Å². The maximum absolute atomic E-state index is 5.65. The molecule has 0 fully saturated rings. The van der Waals surface area contributed by atoms with Crippen LogP contribution in [0.15, 0.2) is 58.4 Å². The van der Waals surface area contributed by atoms with E-state index in [1.807, 2.05) is 36.5 Å². The van der Waals surface area contributed by atoms with Gasteiger partial charge in [-0.1, -0.05) is 30.0 Å². The van der Waals surface area contributed by atoms with Crippen molar-refractivity contribution in [1.29, 1.82) is 0 Å². The van der Waals surface area contributed by atoms with Crippen molar-refractivity contribution in [3.05, 3.63) is 54.4 Å². The molecule has 0 saturated heterocycles. The van der Waals surface area contributed by atoms with Crippen molar-refractivity contribution >= 4 is 22.9 Å². The zero-order valence-corrected chi connectivity index (χ0v) is 11.8. The third kappa shape index (κ3) is 3.37. The molecule has 0 radical (unpaired) electrons. The Balaban J connectivity index is 1.43. The number of thioether (sulfide) groups is 1. The molecule has 4 nitrogen and oxygen atoms in total. The smallest absolute Gasteiger partial charge is 0.256 e. The lowest BCUT2D eigenvalue weighted by atomic mass is 10.3. The molecule has 0 aliphatic rings. The lowest BCUT2D eigenvalue weighted by molar-refractivity contribution is 0.489. The number of nitrogens with one attached hydrogen (secondary N) is 1. The topological polar surface area (TPSA) is 51.0 Å². The van der Waals surface area contributed by atoms with Crippen LogP contribution in [0.3, 0.4) is 0 Å². The molecule has 2 heterocycles. The van der Waals surface area contributed by atoms with Gasteiger partial charge in [0.05, 0.1) is 0 Å². The minimum Gasteiger partial charge on any atom is -0.431 e. The molecule has 102 valence electrons. The summed E-state index contributed by atoms with van der Waals surface area (Å²) in [6.07, 6.45) is 3.66. The second kappa shape index (κ2) is 6.54. The largest absolute Gasteiger partial charge is 0.431 e. The first-order valence-corrected chi connectivity index (χ1v) is 7.48. The number of aromatic nitrogens is 2. The summed E-state index contributed by atoms with van der Waals surface area (Å²) in [5.41, 5.74) is 2.95. The van der Waals surface area contributed by atoms with Crippen molar-refractivity contribution < 1.29 is 4.42 Å². The highest BCUT2D eigenvalue weighted by Crippen LogP contribution is 2.22. The van der Waals surface area contributed by atoms with Crippen molar-refractivity contribution in [3.63, 3.8) is 0 Å². The van der Waals surface area contributed by atoms with E-state index in [0.29, 0.717) is 0 Å². The maximum Gasteiger partial charge on any atom is 0.256 e. The zero-order valence-electron chi connectivity index (χ0n) is 11.0. The highest BCUT2D eigenvalue weighted by molar-refractivity contribution is 7.99. The van der Waals surface area contributed by atoms with Crippen LogP contribution in [0.4, 0.5) is 0 Å². The van der Waals surface area contributed by atoms with Crippen LogP contribution in [0, 0.1) is 0 Å². The molecular weight excluding hydrogens is 270 g/mol. The summed E-state index contributed by atoms with van der Waals surface area (Å²) in [4.78, 5) is 8.51. The van der Waals surface area contributed by atoms with Gasteiger partial charge in [-0.25, -0.2) is 4.98 Å². The van der Waals surface area contributed by atoms with Crippen LogP contribution in [0.1, 0.15) is 5.56 Å². The van der Waals surface area contributed by atoms with Gasteiger partial charge in [-0.3, -0.25) is 4.98 Å².